The molecule has 1 heterocycles. The lowest BCUT2D eigenvalue weighted by molar-refractivity contribution is 0.236. The smallest absolute Gasteiger partial charge is 0.0587 e. The van der Waals surface area contributed by atoms with Gasteiger partial charge in [0.1, 0.15) is 0 Å². The Bertz CT molecular complexity index is 327. The van der Waals surface area contributed by atoms with Crippen molar-refractivity contribution < 1.29 is 5.11 Å². The SMILES string of the molecule is CSc1ccc2c(c1)C[C@@H](CO)NC2. The van der Waals surface area contributed by atoms with E-state index in [1.165, 1.54) is 16.0 Å². The molecule has 3 heteroatoms. The van der Waals surface area contributed by atoms with Gasteiger partial charge in [-0.15, -0.1) is 11.8 Å². The van der Waals surface area contributed by atoms with Gasteiger partial charge in [0.05, 0.1) is 6.61 Å². The molecule has 0 spiro atoms. The van der Waals surface area contributed by atoms with Crippen molar-refractivity contribution >= 4 is 11.8 Å². The third kappa shape index (κ3) is 1.95. The van der Waals surface area contributed by atoms with Gasteiger partial charge in [0.15, 0.2) is 0 Å². The number of rotatable bonds is 2. The predicted octanol–water partition coefficient (Wildman–Crippen LogP) is 1.42. The minimum Gasteiger partial charge on any atom is -0.395 e. The van der Waals surface area contributed by atoms with E-state index in [9.17, 15) is 0 Å². The maximum atomic E-state index is 9.08. The molecule has 0 radical (unpaired) electrons. The summed E-state index contributed by atoms with van der Waals surface area (Å²) < 4.78 is 0. The number of benzene rings is 1. The summed E-state index contributed by atoms with van der Waals surface area (Å²) in [6, 6.07) is 6.81. The first-order valence-electron chi connectivity index (χ1n) is 4.83. The lowest BCUT2D eigenvalue weighted by Gasteiger charge is -2.24. The highest BCUT2D eigenvalue weighted by atomic mass is 32.2. The highest BCUT2D eigenvalue weighted by Crippen LogP contribution is 2.23. The van der Waals surface area contributed by atoms with Crippen LogP contribution in [0.25, 0.3) is 0 Å². The van der Waals surface area contributed by atoms with Crippen molar-refractivity contribution in [2.24, 2.45) is 0 Å². The summed E-state index contributed by atoms with van der Waals surface area (Å²) in [5.41, 5.74) is 2.75. The molecule has 0 bridgehead atoms. The average Bonchev–Trinajstić information content (AvgIpc) is 2.27. The molecule has 1 atom stereocenters. The molecular formula is C11H15NOS. The van der Waals surface area contributed by atoms with Crippen LogP contribution in [0.5, 0.6) is 0 Å². The monoisotopic (exact) mass is 209 g/mol. The molecule has 14 heavy (non-hydrogen) atoms. The van der Waals surface area contributed by atoms with Crippen molar-refractivity contribution in [3.05, 3.63) is 29.3 Å². The summed E-state index contributed by atoms with van der Waals surface area (Å²) in [6.45, 7) is 1.11. The lowest BCUT2D eigenvalue weighted by Crippen LogP contribution is -2.38. The lowest BCUT2D eigenvalue weighted by atomic mass is 9.96. The Morgan fingerprint density at radius 2 is 2.36 bits per heavy atom. The van der Waals surface area contributed by atoms with E-state index in [-0.39, 0.29) is 12.6 Å². The Kier molecular flexibility index (Phi) is 3.11. The van der Waals surface area contributed by atoms with E-state index in [2.05, 4.69) is 29.8 Å². The Hall–Kier alpha value is -0.510. The molecule has 76 valence electrons. The summed E-state index contributed by atoms with van der Waals surface area (Å²) >= 11 is 1.77. The Morgan fingerprint density at radius 1 is 1.50 bits per heavy atom. The first-order chi connectivity index (χ1) is 6.83. The quantitative estimate of drug-likeness (QED) is 0.722. The zero-order chi connectivity index (χ0) is 9.97. The van der Waals surface area contributed by atoms with Gasteiger partial charge in [-0.2, -0.15) is 0 Å². The fraction of sp³-hybridized carbons (Fsp3) is 0.455. The molecule has 1 aromatic carbocycles. The zero-order valence-electron chi connectivity index (χ0n) is 8.29. The summed E-state index contributed by atoms with van der Waals surface area (Å²) in [4.78, 5) is 1.31. The van der Waals surface area contributed by atoms with Crippen LogP contribution >= 0.6 is 11.8 Å². The molecule has 1 aliphatic rings. The van der Waals surface area contributed by atoms with Crippen LogP contribution in [0.2, 0.25) is 0 Å². The van der Waals surface area contributed by atoms with Gasteiger partial charge in [-0.25, -0.2) is 0 Å². The third-order valence-electron chi connectivity index (χ3n) is 2.68. The first kappa shape index (κ1) is 10.0. The fourth-order valence-electron chi connectivity index (χ4n) is 1.81. The molecule has 0 amide bonds. The van der Waals surface area contributed by atoms with Crippen molar-refractivity contribution in [3.8, 4) is 0 Å². The van der Waals surface area contributed by atoms with Crippen LogP contribution in [0.4, 0.5) is 0 Å². The van der Waals surface area contributed by atoms with Crippen LogP contribution in [-0.2, 0) is 13.0 Å². The van der Waals surface area contributed by atoms with Crippen LogP contribution in [-0.4, -0.2) is 24.0 Å². The van der Waals surface area contributed by atoms with Gasteiger partial charge in [0, 0.05) is 17.5 Å². The molecule has 2 rings (SSSR count). The molecular weight excluding hydrogens is 194 g/mol. The topological polar surface area (TPSA) is 32.3 Å². The summed E-state index contributed by atoms with van der Waals surface area (Å²) in [5, 5.41) is 12.4. The minimum absolute atomic E-state index is 0.225. The van der Waals surface area contributed by atoms with Crippen molar-refractivity contribution in [1.82, 2.24) is 5.32 Å². The second-order valence-electron chi connectivity index (χ2n) is 3.60. The Balaban J connectivity index is 2.25. The van der Waals surface area contributed by atoms with Crippen molar-refractivity contribution in [2.75, 3.05) is 12.9 Å². The molecule has 1 aromatic rings. The van der Waals surface area contributed by atoms with E-state index >= 15 is 0 Å². The summed E-state index contributed by atoms with van der Waals surface area (Å²) in [5.74, 6) is 0. The number of nitrogens with one attached hydrogen (secondary N) is 1. The second-order valence-corrected chi connectivity index (χ2v) is 4.48. The maximum absolute atomic E-state index is 9.08. The Morgan fingerprint density at radius 3 is 3.07 bits per heavy atom. The van der Waals surface area contributed by atoms with E-state index in [0.717, 1.165) is 13.0 Å². The minimum atomic E-state index is 0.225. The average molecular weight is 209 g/mol. The highest BCUT2D eigenvalue weighted by molar-refractivity contribution is 7.98. The summed E-state index contributed by atoms with van der Waals surface area (Å²) in [7, 11) is 0. The number of aliphatic hydroxyl groups is 1. The normalized spacial score (nSPS) is 20.6. The standard InChI is InChI=1S/C11H15NOS/c1-14-11-3-2-8-6-12-10(7-13)4-9(8)5-11/h2-3,5,10,12-13H,4,6-7H2,1H3/t10-/m0/s1. The van der Waals surface area contributed by atoms with Crippen LogP contribution in [0, 0.1) is 0 Å². The molecule has 0 saturated heterocycles. The molecule has 2 N–H and O–H groups in total. The van der Waals surface area contributed by atoms with Crippen LogP contribution in [0.1, 0.15) is 11.1 Å². The predicted molar refractivity (Wildman–Crippen MR) is 59.6 cm³/mol. The van der Waals surface area contributed by atoms with Gasteiger partial charge in [-0.05, 0) is 35.9 Å². The van der Waals surface area contributed by atoms with Gasteiger partial charge in [-0.1, -0.05) is 6.07 Å². The van der Waals surface area contributed by atoms with Crippen molar-refractivity contribution in [3.63, 3.8) is 0 Å². The number of thioether (sulfide) groups is 1. The van der Waals surface area contributed by atoms with E-state index in [0.29, 0.717) is 0 Å². The van der Waals surface area contributed by atoms with Gasteiger partial charge in [-0.3, -0.25) is 0 Å². The highest BCUT2D eigenvalue weighted by Gasteiger charge is 2.16. The first-order valence-corrected chi connectivity index (χ1v) is 6.06. The van der Waals surface area contributed by atoms with Crippen molar-refractivity contribution in [1.29, 1.82) is 0 Å². The van der Waals surface area contributed by atoms with E-state index in [4.69, 9.17) is 5.11 Å². The molecule has 2 nitrogen and oxygen atoms in total. The molecule has 1 aliphatic heterocycles. The van der Waals surface area contributed by atoms with Gasteiger partial charge in [0.2, 0.25) is 0 Å². The Labute approximate surface area is 88.7 Å². The van der Waals surface area contributed by atoms with Crippen LogP contribution in [0.3, 0.4) is 0 Å². The molecule has 0 aromatic heterocycles. The van der Waals surface area contributed by atoms with E-state index < -0.39 is 0 Å². The zero-order valence-corrected chi connectivity index (χ0v) is 9.10. The number of aliphatic hydroxyl groups excluding tert-OH is 1. The van der Waals surface area contributed by atoms with Crippen molar-refractivity contribution in [2.45, 2.75) is 23.9 Å². The van der Waals surface area contributed by atoms with Gasteiger partial charge < -0.3 is 10.4 Å². The number of hydrogen-bond acceptors (Lipinski definition) is 3. The largest absolute Gasteiger partial charge is 0.395 e. The van der Waals surface area contributed by atoms with E-state index in [1.54, 1.807) is 11.8 Å². The molecule has 0 fully saturated rings. The molecule has 0 aliphatic carbocycles. The fourth-order valence-corrected chi connectivity index (χ4v) is 2.28. The van der Waals surface area contributed by atoms with Crippen LogP contribution in [0.15, 0.2) is 23.1 Å². The molecule has 0 saturated carbocycles. The third-order valence-corrected chi connectivity index (χ3v) is 3.41. The number of fused-ring (bicyclic) bond motifs is 1. The second kappa shape index (κ2) is 4.34. The van der Waals surface area contributed by atoms with Crippen LogP contribution < -0.4 is 5.32 Å². The van der Waals surface area contributed by atoms with Gasteiger partial charge in [0.25, 0.3) is 0 Å². The number of hydrogen-bond donors (Lipinski definition) is 2. The molecule has 0 unspecified atom stereocenters. The maximum Gasteiger partial charge on any atom is 0.0587 e. The van der Waals surface area contributed by atoms with E-state index in [1.807, 2.05) is 0 Å². The van der Waals surface area contributed by atoms with Gasteiger partial charge >= 0.3 is 0 Å². The summed E-state index contributed by atoms with van der Waals surface area (Å²) in [6.07, 6.45) is 3.03.